The maximum Gasteiger partial charge on any atom is 0.0952 e. The molecule has 0 saturated carbocycles. The fourth-order valence-electron chi connectivity index (χ4n) is 2.10. The third-order valence-electron chi connectivity index (χ3n) is 3.26. The molecule has 1 N–H and O–H groups in total. The van der Waals surface area contributed by atoms with Crippen molar-refractivity contribution in [3.63, 3.8) is 0 Å². The first-order valence-electron chi connectivity index (χ1n) is 5.89. The Morgan fingerprint density at radius 2 is 2.13 bits per heavy atom. The topological polar surface area (TPSA) is 38.0 Å². The molecule has 1 aromatic rings. The summed E-state index contributed by atoms with van der Waals surface area (Å²) in [4.78, 5) is 4.42. The summed E-state index contributed by atoms with van der Waals surface area (Å²) in [5.41, 5.74) is 2.60. The van der Waals surface area contributed by atoms with Crippen LogP contribution in [0.3, 0.4) is 0 Å². The van der Waals surface area contributed by atoms with Crippen molar-refractivity contribution in [2.75, 3.05) is 0 Å². The predicted octanol–water partition coefficient (Wildman–Crippen LogP) is 1.78. The number of hydrogen-bond acceptors (Lipinski definition) is 2. The van der Waals surface area contributed by atoms with Crippen LogP contribution in [0.1, 0.15) is 38.1 Å². The molecule has 0 radical (unpaired) electrons. The number of imidazole rings is 1. The Morgan fingerprint density at radius 3 is 2.87 bits per heavy atom. The number of rotatable bonds is 3. The largest absolute Gasteiger partial charge is 0.391 e. The quantitative estimate of drug-likeness (QED) is 0.822. The zero-order valence-corrected chi connectivity index (χ0v) is 9.61. The van der Waals surface area contributed by atoms with Crippen molar-refractivity contribution in [2.24, 2.45) is 5.92 Å². The molecule has 0 bridgehead atoms. The highest BCUT2D eigenvalue weighted by molar-refractivity contribution is 5.16. The molecule has 0 aliphatic heterocycles. The van der Waals surface area contributed by atoms with Gasteiger partial charge in [0.25, 0.3) is 0 Å². The SMILES string of the molecule is CC(C)C(O)Cn1cnc2c1CCCC2. The predicted molar refractivity (Wildman–Crippen MR) is 59.7 cm³/mol. The van der Waals surface area contributed by atoms with Gasteiger partial charge in [-0.15, -0.1) is 0 Å². The van der Waals surface area contributed by atoms with E-state index in [4.69, 9.17) is 0 Å². The minimum Gasteiger partial charge on any atom is -0.391 e. The molecule has 3 nitrogen and oxygen atoms in total. The molecule has 1 atom stereocenters. The van der Waals surface area contributed by atoms with Crippen molar-refractivity contribution in [1.82, 2.24) is 9.55 Å². The Balaban J connectivity index is 2.11. The molecule has 1 aromatic heterocycles. The molecule has 1 heterocycles. The van der Waals surface area contributed by atoms with Crippen LogP contribution in [0.25, 0.3) is 0 Å². The molecule has 15 heavy (non-hydrogen) atoms. The van der Waals surface area contributed by atoms with Gasteiger partial charge >= 0.3 is 0 Å². The minimum absolute atomic E-state index is 0.259. The number of aryl methyl sites for hydroxylation is 1. The molecule has 0 saturated heterocycles. The van der Waals surface area contributed by atoms with E-state index in [1.807, 2.05) is 20.2 Å². The van der Waals surface area contributed by atoms with E-state index in [1.165, 1.54) is 24.2 Å². The summed E-state index contributed by atoms with van der Waals surface area (Å²) >= 11 is 0. The molecule has 1 unspecified atom stereocenters. The summed E-state index contributed by atoms with van der Waals surface area (Å²) in [5.74, 6) is 0.312. The maximum absolute atomic E-state index is 9.85. The van der Waals surface area contributed by atoms with Crippen LogP contribution in [0.4, 0.5) is 0 Å². The van der Waals surface area contributed by atoms with Crippen molar-refractivity contribution >= 4 is 0 Å². The van der Waals surface area contributed by atoms with Crippen LogP contribution in [0.2, 0.25) is 0 Å². The molecule has 84 valence electrons. The number of nitrogens with zero attached hydrogens (tertiary/aromatic N) is 2. The van der Waals surface area contributed by atoms with E-state index in [0.29, 0.717) is 12.5 Å². The second-order valence-corrected chi connectivity index (χ2v) is 4.81. The van der Waals surface area contributed by atoms with Crippen molar-refractivity contribution in [2.45, 2.75) is 52.2 Å². The fraction of sp³-hybridized carbons (Fsp3) is 0.750. The first-order chi connectivity index (χ1) is 7.18. The van der Waals surface area contributed by atoms with E-state index in [0.717, 1.165) is 12.8 Å². The minimum atomic E-state index is -0.259. The lowest BCUT2D eigenvalue weighted by Crippen LogP contribution is -2.23. The zero-order valence-electron chi connectivity index (χ0n) is 9.61. The first kappa shape index (κ1) is 10.7. The molecule has 0 fully saturated rings. The summed E-state index contributed by atoms with van der Waals surface area (Å²) in [5, 5.41) is 9.85. The summed E-state index contributed by atoms with van der Waals surface area (Å²) in [6, 6.07) is 0. The van der Waals surface area contributed by atoms with Gasteiger partial charge in [0, 0.05) is 5.69 Å². The Bertz CT molecular complexity index is 330. The average molecular weight is 208 g/mol. The van der Waals surface area contributed by atoms with E-state index < -0.39 is 0 Å². The average Bonchev–Trinajstić information content (AvgIpc) is 2.62. The Morgan fingerprint density at radius 1 is 1.40 bits per heavy atom. The molecular formula is C12H20N2O. The highest BCUT2D eigenvalue weighted by Crippen LogP contribution is 2.20. The number of aliphatic hydroxyl groups excluding tert-OH is 1. The highest BCUT2D eigenvalue weighted by atomic mass is 16.3. The molecule has 1 aliphatic rings. The second-order valence-electron chi connectivity index (χ2n) is 4.81. The van der Waals surface area contributed by atoms with Gasteiger partial charge in [0.1, 0.15) is 0 Å². The molecule has 1 aliphatic carbocycles. The monoisotopic (exact) mass is 208 g/mol. The Hall–Kier alpha value is -0.830. The molecule has 0 spiro atoms. The Kier molecular flexibility index (Phi) is 3.10. The lowest BCUT2D eigenvalue weighted by molar-refractivity contribution is 0.106. The van der Waals surface area contributed by atoms with E-state index >= 15 is 0 Å². The van der Waals surface area contributed by atoms with Crippen LogP contribution in [-0.2, 0) is 19.4 Å². The molecule has 0 amide bonds. The van der Waals surface area contributed by atoms with Crippen LogP contribution < -0.4 is 0 Å². The smallest absolute Gasteiger partial charge is 0.0952 e. The molecule has 3 heteroatoms. The summed E-state index contributed by atoms with van der Waals surface area (Å²) in [7, 11) is 0. The van der Waals surface area contributed by atoms with Crippen LogP contribution in [0.15, 0.2) is 6.33 Å². The normalized spacial score (nSPS) is 17.9. The van der Waals surface area contributed by atoms with Crippen LogP contribution >= 0.6 is 0 Å². The lowest BCUT2D eigenvalue weighted by atomic mass is 10.0. The lowest BCUT2D eigenvalue weighted by Gasteiger charge is -2.18. The molecule has 0 aromatic carbocycles. The van der Waals surface area contributed by atoms with Gasteiger partial charge in [-0.05, 0) is 31.6 Å². The van der Waals surface area contributed by atoms with E-state index in [2.05, 4.69) is 9.55 Å². The van der Waals surface area contributed by atoms with Gasteiger partial charge in [-0.1, -0.05) is 13.8 Å². The van der Waals surface area contributed by atoms with E-state index in [-0.39, 0.29) is 6.10 Å². The van der Waals surface area contributed by atoms with Gasteiger partial charge < -0.3 is 9.67 Å². The van der Waals surface area contributed by atoms with Gasteiger partial charge in [-0.2, -0.15) is 0 Å². The summed E-state index contributed by atoms with van der Waals surface area (Å²) in [6.45, 7) is 4.79. The second kappa shape index (κ2) is 4.35. The standard InChI is InChI=1S/C12H20N2O/c1-9(2)12(15)7-14-8-13-10-5-3-4-6-11(10)14/h8-9,12,15H,3-7H2,1-2H3. The van der Waals surface area contributed by atoms with Crippen LogP contribution in [0, 0.1) is 5.92 Å². The van der Waals surface area contributed by atoms with Gasteiger partial charge in [-0.3, -0.25) is 0 Å². The van der Waals surface area contributed by atoms with Gasteiger partial charge in [0.15, 0.2) is 0 Å². The van der Waals surface area contributed by atoms with E-state index in [9.17, 15) is 5.11 Å². The fourth-order valence-corrected chi connectivity index (χ4v) is 2.10. The van der Waals surface area contributed by atoms with Crippen LogP contribution in [0.5, 0.6) is 0 Å². The van der Waals surface area contributed by atoms with Crippen molar-refractivity contribution in [1.29, 1.82) is 0 Å². The number of hydrogen-bond donors (Lipinski definition) is 1. The third kappa shape index (κ3) is 2.23. The van der Waals surface area contributed by atoms with Gasteiger partial charge in [0.2, 0.25) is 0 Å². The summed E-state index contributed by atoms with van der Waals surface area (Å²) in [6.07, 6.45) is 6.39. The highest BCUT2D eigenvalue weighted by Gasteiger charge is 2.17. The zero-order chi connectivity index (χ0) is 10.8. The number of aliphatic hydroxyl groups is 1. The van der Waals surface area contributed by atoms with Crippen LogP contribution in [-0.4, -0.2) is 20.8 Å². The van der Waals surface area contributed by atoms with Crippen molar-refractivity contribution < 1.29 is 5.11 Å². The van der Waals surface area contributed by atoms with Gasteiger partial charge in [-0.25, -0.2) is 4.98 Å². The molecular weight excluding hydrogens is 188 g/mol. The maximum atomic E-state index is 9.85. The van der Waals surface area contributed by atoms with Crippen molar-refractivity contribution in [3.05, 3.63) is 17.7 Å². The number of aromatic nitrogens is 2. The third-order valence-corrected chi connectivity index (χ3v) is 3.26. The molecule has 2 rings (SSSR count). The van der Waals surface area contributed by atoms with Crippen molar-refractivity contribution in [3.8, 4) is 0 Å². The number of fused-ring (bicyclic) bond motifs is 1. The Labute approximate surface area is 91.1 Å². The van der Waals surface area contributed by atoms with E-state index in [1.54, 1.807) is 0 Å². The first-order valence-corrected chi connectivity index (χ1v) is 5.89. The van der Waals surface area contributed by atoms with Gasteiger partial charge in [0.05, 0.1) is 24.7 Å². The summed E-state index contributed by atoms with van der Waals surface area (Å²) < 4.78 is 2.14.